The molecule has 3 aromatic rings. The number of aliphatic carboxylic acids is 1. The smallest absolute Gasteiger partial charge is 0.326 e. The highest BCUT2D eigenvalue weighted by atomic mass is 32.2. The maximum atomic E-state index is 13.4. The maximum absolute atomic E-state index is 13.4. The number of nitrogens with two attached hydrogens (primary N) is 1. The van der Waals surface area contributed by atoms with E-state index in [0.29, 0.717) is 29.5 Å². The number of rotatable bonds is 11. The van der Waals surface area contributed by atoms with E-state index in [2.05, 4.69) is 15.0 Å². The molecule has 10 nitrogen and oxygen atoms in total. The fourth-order valence-corrected chi connectivity index (χ4v) is 7.14. The van der Waals surface area contributed by atoms with Crippen LogP contribution in [0.25, 0.3) is 0 Å². The largest absolute Gasteiger partial charge is 0.487 e. The van der Waals surface area contributed by atoms with Crippen LogP contribution in [0.5, 0.6) is 5.75 Å². The van der Waals surface area contributed by atoms with Crippen molar-refractivity contribution in [3.8, 4) is 5.75 Å². The van der Waals surface area contributed by atoms with Gasteiger partial charge in [-0.15, -0.1) is 0 Å². The van der Waals surface area contributed by atoms with Crippen LogP contribution < -0.4 is 20.5 Å². The van der Waals surface area contributed by atoms with Crippen LogP contribution in [-0.2, 0) is 27.7 Å². The fourth-order valence-electron chi connectivity index (χ4n) is 5.62. The molecular weight excluding hydrogens is 592 g/mol. The highest BCUT2D eigenvalue weighted by molar-refractivity contribution is 7.90. The molecule has 0 aliphatic carbocycles. The van der Waals surface area contributed by atoms with Crippen LogP contribution in [0.4, 0.5) is 0 Å². The number of fused-ring (bicyclic) bond motifs is 1. The number of nitrogens with zero attached hydrogens (tertiary/aromatic N) is 1. The Morgan fingerprint density at radius 1 is 1.02 bits per heavy atom. The SMILES string of the molecule is Cc1c(C)c(S(=O)(=O)NC(N)=NCCC[C@H](NC(=O)c2cccc(Cc3ccccc3)c2)C(=O)O)c(C)c2c1OC(C)(C)CC2. The molecule has 1 atom stereocenters. The van der Waals surface area contributed by atoms with Crippen LogP contribution in [0.15, 0.2) is 64.5 Å². The fraction of sp³-hybridized carbons (Fsp3) is 0.382. The molecule has 1 aliphatic heterocycles. The monoisotopic (exact) mass is 634 g/mol. The van der Waals surface area contributed by atoms with Crippen LogP contribution >= 0.6 is 0 Å². The number of hydrogen-bond acceptors (Lipinski definition) is 6. The van der Waals surface area contributed by atoms with Crippen molar-refractivity contribution in [2.24, 2.45) is 10.7 Å². The van der Waals surface area contributed by atoms with Gasteiger partial charge in [0, 0.05) is 12.1 Å². The topological polar surface area (TPSA) is 160 Å². The van der Waals surface area contributed by atoms with Gasteiger partial charge in [-0.05, 0) is 112 Å². The number of carbonyl (C=O) groups excluding carboxylic acids is 1. The third-order valence-electron chi connectivity index (χ3n) is 8.15. The summed E-state index contributed by atoms with van der Waals surface area (Å²) in [6, 6.07) is 15.8. The van der Waals surface area contributed by atoms with E-state index in [1.165, 1.54) is 0 Å². The molecule has 1 aliphatic rings. The van der Waals surface area contributed by atoms with Gasteiger partial charge in [-0.2, -0.15) is 0 Å². The number of benzene rings is 3. The summed E-state index contributed by atoms with van der Waals surface area (Å²) in [6.07, 6.45) is 2.43. The van der Waals surface area contributed by atoms with E-state index in [4.69, 9.17) is 10.5 Å². The molecule has 4 rings (SSSR count). The number of guanidine groups is 1. The number of hydrogen-bond donors (Lipinski definition) is 4. The number of ether oxygens (including phenoxy) is 1. The first kappa shape index (κ1) is 33.5. The van der Waals surface area contributed by atoms with Gasteiger partial charge >= 0.3 is 5.97 Å². The molecule has 240 valence electrons. The molecule has 0 fully saturated rings. The molecule has 1 amide bonds. The number of sulfonamides is 1. The summed E-state index contributed by atoms with van der Waals surface area (Å²) < 4.78 is 35.4. The van der Waals surface area contributed by atoms with Crippen molar-refractivity contribution in [3.05, 3.63) is 93.5 Å². The zero-order valence-corrected chi connectivity index (χ0v) is 27.3. The van der Waals surface area contributed by atoms with Gasteiger partial charge in [-0.25, -0.2) is 17.9 Å². The molecule has 0 spiro atoms. The van der Waals surface area contributed by atoms with E-state index in [1.807, 2.05) is 57.2 Å². The van der Waals surface area contributed by atoms with Crippen molar-refractivity contribution < 1.29 is 27.9 Å². The first-order valence-electron chi connectivity index (χ1n) is 15.0. The number of carboxylic acid groups (broad SMARTS) is 1. The minimum Gasteiger partial charge on any atom is -0.487 e. The summed E-state index contributed by atoms with van der Waals surface area (Å²) in [5.41, 5.74) is 10.9. The quantitative estimate of drug-likeness (QED) is 0.137. The molecule has 0 bridgehead atoms. The lowest BCUT2D eigenvalue weighted by molar-refractivity contribution is -0.139. The minimum absolute atomic E-state index is 0.0602. The van der Waals surface area contributed by atoms with Gasteiger partial charge < -0.3 is 20.9 Å². The number of carboxylic acids is 1. The lowest BCUT2D eigenvalue weighted by atomic mass is 9.88. The average Bonchev–Trinajstić information content (AvgIpc) is 2.97. The van der Waals surface area contributed by atoms with Gasteiger partial charge in [0.1, 0.15) is 17.4 Å². The van der Waals surface area contributed by atoms with Gasteiger partial charge in [0.2, 0.25) is 5.96 Å². The van der Waals surface area contributed by atoms with Crippen molar-refractivity contribution in [1.82, 2.24) is 10.0 Å². The molecule has 0 unspecified atom stereocenters. The molecule has 45 heavy (non-hydrogen) atoms. The summed E-state index contributed by atoms with van der Waals surface area (Å²) >= 11 is 0. The van der Waals surface area contributed by atoms with Crippen molar-refractivity contribution in [1.29, 1.82) is 0 Å². The maximum Gasteiger partial charge on any atom is 0.326 e. The summed E-state index contributed by atoms with van der Waals surface area (Å²) in [6.45, 7) is 9.46. The highest BCUT2D eigenvalue weighted by Crippen LogP contribution is 2.42. The Morgan fingerprint density at radius 2 is 1.71 bits per heavy atom. The molecule has 5 N–H and O–H groups in total. The van der Waals surface area contributed by atoms with Gasteiger partial charge in [-0.3, -0.25) is 9.79 Å². The van der Waals surface area contributed by atoms with E-state index < -0.39 is 27.9 Å². The molecule has 1 heterocycles. The van der Waals surface area contributed by atoms with Crippen LogP contribution in [0.1, 0.15) is 76.8 Å². The number of nitrogens with one attached hydrogen (secondary N) is 2. The molecule has 0 radical (unpaired) electrons. The Balaban J connectivity index is 1.36. The molecule has 3 aromatic carbocycles. The average molecular weight is 635 g/mol. The molecule has 11 heteroatoms. The normalized spacial score (nSPS) is 15.0. The van der Waals surface area contributed by atoms with Gasteiger partial charge in [-0.1, -0.05) is 42.5 Å². The second-order valence-corrected chi connectivity index (χ2v) is 13.7. The zero-order valence-electron chi connectivity index (χ0n) is 26.4. The number of amides is 1. The summed E-state index contributed by atoms with van der Waals surface area (Å²) in [4.78, 5) is 29.1. The number of aliphatic imine (C=N–C) groups is 1. The van der Waals surface area contributed by atoms with Crippen molar-refractivity contribution in [3.63, 3.8) is 0 Å². The Kier molecular flexibility index (Phi) is 10.2. The standard InChI is InChI=1S/C34H42N4O6S/c1-21-22(2)30(23(3)27-16-17-34(4,5)44-29(21)27)45(42,43)38-33(35)36-18-10-15-28(32(40)41)37-31(39)26-14-9-13-25(20-26)19-24-11-7-6-8-12-24/h6-9,11-14,20,28H,10,15-19H2,1-5H3,(H,37,39)(H,40,41)(H3,35,36,38)/t28-/m0/s1. The Hall–Kier alpha value is -4.38. The number of carbonyl (C=O) groups is 2. The third-order valence-corrected chi connectivity index (χ3v) is 9.78. The minimum atomic E-state index is -4.06. The Bertz CT molecular complexity index is 1720. The predicted molar refractivity (Wildman–Crippen MR) is 174 cm³/mol. The summed E-state index contributed by atoms with van der Waals surface area (Å²) in [5.74, 6) is -1.23. The van der Waals surface area contributed by atoms with Crippen LogP contribution in [0, 0.1) is 20.8 Å². The van der Waals surface area contributed by atoms with E-state index in [9.17, 15) is 23.1 Å². The third kappa shape index (κ3) is 8.21. The van der Waals surface area contributed by atoms with Crippen molar-refractivity contribution in [2.75, 3.05) is 6.54 Å². The van der Waals surface area contributed by atoms with Crippen LogP contribution in [0.2, 0.25) is 0 Å². The Labute approximate surface area is 265 Å². The molecular formula is C34H42N4O6S. The zero-order chi connectivity index (χ0) is 32.9. The lowest BCUT2D eigenvalue weighted by Crippen LogP contribution is -2.41. The first-order valence-corrected chi connectivity index (χ1v) is 16.5. The second kappa shape index (κ2) is 13.7. The Morgan fingerprint density at radius 3 is 2.40 bits per heavy atom. The van der Waals surface area contributed by atoms with E-state index in [1.54, 1.807) is 32.0 Å². The van der Waals surface area contributed by atoms with Gasteiger partial charge in [0.15, 0.2) is 0 Å². The first-order chi connectivity index (χ1) is 21.2. The lowest BCUT2D eigenvalue weighted by Gasteiger charge is -2.35. The second-order valence-electron chi connectivity index (χ2n) is 12.1. The van der Waals surface area contributed by atoms with E-state index in [-0.39, 0.29) is 35.8 Å². The highest BCUT2D eigenvalue weighted by Gasteiger charge is 2.33. The van der Waals surface area contributed by atoms with Crippen molar-refractivity contribution in [2.45, 2.75) is 83.3 Å². The molecule has 0 saturated heterocycles. The molecule has 0 saturated carbocycles. The van der Waals surface area contributed by atoms with Gasteiger partial charge in [0.05, 0.1) is 4.90 Å². The van der Waals surface area contributed by atoms with E-state index >= 15 is 0 Å². The van der Waals surface area contributed by atoms with Crippen LogP contribution in [0.3, 0.4) is 0 Å². The molecule has 0 aromatic heterocycles. The summed E-state index contributed by atoms with van der Waals surface area (Å²) in [7, 11) is -4.06. The van der Waals surface area contributed by atoms with Gasteiger partial charge in [0.25, 0.3) is 15.9 Å². The van der Waals surface area contributed by atoms with E-state index in [0.717, 1.165) is 34.4 Å². The van der Waals surface area contributed by atoms with Crippen molar-refractivity contribution >= 4 is 27.9 Å². The summed E-state index contributed by atoms with van der Waals surface area (Å²) in [5, 5.41) is 12.3. The predicted octanol–water partition coefficient (Wildman–Crippen LogP) is 4.56. The van der Waals surface area contributed by atoms with Crippen LogP contribution in [-0.4, -0.2) is 49.5 Å².